The number of hydrogen-bond acceptors (Lipinski definition) is 3. The van der Waals surface area contributed by atoms with Gasteiger partial charge in [0.1, 0.15) is 0 Å². The van der Waals surface area contributed by atoms with Crippen LogP contribution in [0.15, 0.2) is 47.4 Å². The maximum Gasteiger partial charge on any atom is 0.293 e. The third kappa shape index (κ3) is 3.78. The van der Waals surface area contributed by atoms with Crippen molar-refractivity contribution in [3.63, 3.8) is 0 Å². The zero-order valence-electron chi connectivity index (χ0n) is 12.1. The summed E-state index contributed by atoms with van der Waals surface area (Å²) < 4.78 is 0. The van der Waals surface area contributed by atoms with Gasteiger partial charge in [-0.2, -0.15) is 0 Å². The van der Waals surface area contributed by atoms with E-state index in [1.807, 2.05) is 0 Å². The van der Waals surface area contributed by atoms with E-state index in [4.69, 9.17) is 34.8 Å². The van der Waals surface area contributed by atoms with Crippen molar-refractivity contribution in [1.29, 1.82) is 0 Å². The summed E-state index contributed by atoms with van der Waals surface area (Å²) in [6.45, 7) is 0.110. The quantitative estimate of drug-likeness (QED) is 0.606. The molecule has 0 atom stereocenters. The van der Waals surface area contributed by atoms with Gasteiger partial charge in [0.05, 0.1) is 11.4 Å². The van der Waals surface area contributed by atoms with E-state index in [0.29, 0.717) is 25.5 Å². The maximum atomic E-state index is 12.5. The van der Waals surface area contributed by atoms with E-state index in [2.05, 4.69) is 0 Å². The second-order valence-corrected chi connectivity index (χ2v) is 7.33. The molecule has 0 aromatic heterocycles. The number of benzene rings is 2. The topological polar surface area (TPSA) is 37.4 Å². The fraction of sp³-hybridized carbons (Fsp3) is 0.0588. The van der Waals surface area contributed by atoms with Crippen LogP contribution in [-0.4, -0.2) is 16.0 Å². The first kappa shape index (κ1) is 17.4. The van der Waals surface area contributed by atoms with Crippen LogP contribution in [0.25, 0.3) is 6.08 Å². The first-order chi connectivity index (χ1) is 11.4. The molecule has 2 aromatic carbocycles. The molecule has 1 heterocycles. The third-order valence-corrected chi connectivity index (χ3v) is 5.13. The van der Waals surface area contributed by atoms with Crippen LogP contribution in [0.5, 0.6) is 0 Å². The molecular formula is C17H10Cl3NO2S. The Morgan fingerprint density at radius 2 is 1.62 bits per heavy atom. The Balaban J connectivity index is 1.82. The van der Waals surface area contributed by atoms with Crippen LogP contribution in [0.3, 0.4) is 0 Å². The predicted molar refractivity (Wildman–Crippen MR) is 99.4 cm³/mol. The first-order valence-corrected chi connectivity index (χ1v) is 8.84. The first-order valence-electron chi connectivity index (χ1n) is 6.89. The molecule has 0 spiro atoms. The van der Waals surface area contributed by atoms with Gasteiger partial charge in [-0.05, 0) is 53.2 Å². The lowest BCUT2D eigenvalue weighted by molar-refractivity contribution is -0.123. The summed E-state index contributed by atoms with van der Waals surface area (Å²) in [5.41, 5.74) is 1.46. The molecule has 0 radical (unpaired) electrons. The largest absolute Gasteiger partial charge is 0.293 e. The zero-order valence-corrected chi connectivity index (χ0v) is 15.2. The lowest BCUT2D eigenvalue weighted by Crippen LogP contribution is -2.27. The normalized spacial score (nSPS) is 16.3. The van der Waals surface area contributed by atoms with Gasteiger partial charge in [-0.25, -0.2) is 0 Å². The van der Waals surface area contributed by atoms with E-state index < -0.39 is 0 Å². The van der Waals surface area contributed by atoms with E-state index in [1.165, 1.54) is 4.90 Å². The number of halogens is 3. The standard InChI is InChI=1S/C17H10Cl3NO2S/c18-12-4-1-10(2-5-12)7-15-16(22)21(17(23)24-15)9-11-3-6-13(19)8-14(11)20/h1-8H,9H2/b15-7-. The van der Waals surface area contributed by atoms with Crippen LogP contribution in [0.2, 0.25) is 15.1 Å². The SMILES string of the molecule is O=C1S/C(=C\c2ccc(Cl)cc2)C(=O)N1Cc1ccc(Cl)cc1Cl. The van der Waals surface area contributed by atoms with Gasteiger partial charge in [0.2, 0.25) is 0 Å². The summed E-state index contributed by atoms with van der Waals surface area (Å²) in [5, 5.41) is 1.20. The molecule has 24 heavy (non-hydrogen) atoms. The predicted octanol–water partition coefficient (Wildman–Crippen LogP) is 5.88. The van der Waals surface area contributed by atoms with Gasteiger partial charge in [0, 0.05) is 15.1 Å². The number of carbonyl (C=O) groups is 2. The zero-order chi connectivity index (χ0) is 17.3. The van der Waals surface area contributed by atoms with Crippen molar-refractivity contribution < 1.29 is 9.59 Å². The summed E-state index contributed by atoms with van der Waals surface area (Å²) in [6.07, 6.45) is 1.67. The van der Waals surface area contributed by atoms with Crippen LogP contribution in [0.4, 0.5) is 4.79 Å². The van der Waals surface area contributed by atoms with E-state index >= 15 is 0 Å². The second-order valence-electron chi connectivity index (χ2n) is 5.06. The number of amides is 2. The summed E-state index contributed by atoms with van der Waals surface area (Å²) in [6, 6.07) is 12.0. The number of thioether (sulfide) groups is 1. The number of nitrogens with zero attached hydrogens (tertiary/aromatic N) is 1. The highest BCUT2D eigenvalue weighted by Crippen LogP contribution is 2.34. The lowest BCUT2D eigenvalue weighted by atomic mass is 10.2. The van der Waals surface area contributed by atoms with E-state index in [0.717, 1.165) is 17.3 Å². The summed E-state index contributed by atoms with van der Waals surface area (Å²) in [4.78, 5) is 26.2. The van der Waals surface area contributed by atoms with Crippen LogP contribution >= 0.6 is 46.6 Å². The van der Waals surface area contributed by atoms with Crippen LogP contribution in [0, 0.1) is 0 Å². The molecule has 2 amide bonds. The minimum Gasteiger partial charge on any atom is -0.268 e. The Morgan fingerprint density at radius 3 is 2.29 bits per heavy atom. The van der Waals surface area contributed by atoms with Gasteiger partial charge in [0.25, 0.3) is 11.1 Å². The number of imide groups is 1. The molecule has 7 heteroatoms. The summed E-state index contributed by atoms with van der Waals surface area (Å²) >= 11 is 18.7. The van der Waals surface area contributed by atoms with Crippen LogP contribution in [0.1, 0.15) is 11.1 Å². The molecule has 1 saturated heterocycles. The molecule has 0 bridgehead atoms. The Morgan fingerprint density at radius 1 is 0.958 bits per heavy atom. The molecule has 3 rings (SSSR count). The Bertz CT molecular complexity index is 849. The van der Waals surface area contributed by atoms with Crippen molar-refractivity contribution in [2.75, 3.05) is 0 Å². The molecular weight excluding hydrogens is 389 g/mol. The van der Waals surface area contributed by atoms with Gasteiger partial charge >= 0.3 is 0 Å². The van der Waals surface area contributed by atoms with E-state index in [9.17, 15) is 9.59 Å². The van der Waals surface area contributed by atoms with Gasteiger partial charge in [0.15, 0.2) is 0 Å². The third-order valence-electron chi connectivity index (χ3n) is 3.38. The molecule has 0 N–H and O–H groups in total. The van der Waals surface area contributed by atoms with Crippen molar-refractivity contribution in [2.45, 2.75) is 6.54 Å². The molecule has 0 saturated carbocycles. The lowest BCUT2D eigenvalue weighted by Gasteiger charge is -2.13. The Kier molecular flexibility index (Phi) is 5.21. The number of carbonyl (C=O) groups excluding carboxylic acids is 2. The minimum atomic E-state index is -0.342. The van der Waals surface area contributed by atoms with Crippen molar-refractivity contribution in [2.24, 2.45) is 0 Å². The van der Waals surface area contributed by atoms with Crippen LogP contribution < -0.4 is 0 Å². The molecule has 122 valence electrons. The van der Waals surface area contributed by atoms with Crippen molar-refractivity contribution >= 4 is 63.8 Å². The van der Waals surface area contributed by atoms with Crippen molar-refractivity contribution in [1.82, 2.24) is 4.90 Å². The summed E-state index contributed by atoms with van der Waals surface area (Å²) in [5.74, 6) is -0.342. The molecule has 1 aliphatic rings. The molecule has 0 aliphatic carbocycles. The molecule has 1 aliphatic heterocycles. The fourth-order valence-corrected chi connectivity index (χ4v) is 3.60. The number of hydrogen-bond donors (Lipinski definition) is 0. The highest BCUT2D eigenvalue weighted by atomic mass is 35.5. The van der Waals surface area contributed by atoms with E-state index in [1.54, 1.807) is 48.5 Å². The minimum absolute atomic E-state index is 0.110. The summed E-state index contributed by atoms with van der Waals surface area (Å²) in [7, 11) is 0. The molecule has 2 aromatic rings. The van der Waals surface area contributed by atoms with Crippen molar-refractivity contribution in [3.05, 3.63) is 73.6 Å². The second kappa shape index (κ2) is 7.19. The van der Waals surface area contributed by atoms with Gasteiger partial charge < -0.3 is 0 Å². The molecule has 1 fully saturated rings. The van der Waals surface area contributed by atoms with Gasteiger partial charge in [-0.3, -0.25) is 14.5 Å². The molecule has 3 nitrogen and oxygen atoms in total. The fourth-order valence-electron chi connectivity index (χ4n) is 2.17. The van der Waals surface area contributed by atoms with Crippen molar-refractivity contribution in [3.8, 4) is 0 Å². The highest BCUT2D eigenvalue weighted by Gasteiger charge is 2.35. The average Bonchev–Trinajstić information content (AvgIpc) is 2.79. The Hall–Kier alpha value is -1.46. The van der Waals surface area contributed by atoms with Gasteiger partial charge in [-0.1, -0.05) is 53.0 Å². The Labute approximate surface area is 158 Å². The number of rotatable bonds is 3. The van der Waals surface area contributed by atoms with Crippen LogP contribution in [-0.2, 0) is 11.3 Å². The highest BCUT2D eigenvalue weighted by molar-refractivity contribution is 8.18. The monoisotopic (exact) mass is 397 g/mol. The average molecular weight is 399 g/mol. The van der Waals surface area contributed by atoms with E-state index in [-0.39, 0.29) is 17.7 Å². The van der Waals surface area contributed by atoms with Gasteiger partial charge in [-0.15, -0.1) is 0 Å². The maximum absolute atomic E-state index is 12.5. The smallest absolute Gasteiger partial charge is 0.268 e. The molecule has 0 unspecified atom stereocenters.